The number of nitrogens with one attached hydrogen (secondary N) is 1. The topological polar surface area (TPSA) is 58.6 Å². The van der Waals surface area contributed by atoms with Crippen LogP contribution in [-0.4, -0.2) is 31.0 Å². The number of ether oxygens (including phenoxy) is 1. The molecule has 1 aromatic carbocycles. The van der Waals surface area contributed by atoms with E-state index in [0.717, 1.165) is 12.8 Å². The van der Waals surface area contributed by atoms with Gasteiger partial charge in [-0.1, -0.05) is 0 Å². The fourth-order valence-corrected chi connectivity index (χ4v) is 2.85. The Morgan fingerprint density at radius 1 is 1.38 bits per heavy atom. The predicted molar refractivity (Wildman–Crippen MR) is 74.6 cm³/mol. The van der Waals surface area contributed by atoms with E-state index in [1.54, 1.807) is 13.0 Å². The summed E-state index contributed by atoms with van der Waals surface area (Å²) in [5, 5.41) is 2.79. The molecule has 1 aromatic rings. The van der Waals surface area contributed by atoms with Crippen LogP contribution in [0.25, 0.3) is 0 Å². The Morgan fingerprint density at radius 3 is 2.67 bits per heavy atom. The molecule has 1 atom stereocenters. The molecule has 1 unspecified atom stereocenters. The van der Waals surface area contributed by atoms with E-state index < -0.39 is 11.4 Å². The lowest BCUT2D eigenvalue weighted by molar-refractivity contribution is -0.136. The highest BCUT2D eigenvalue weighted by Gasteiger charge is 2.52. The first-order valence-corrected chi connectivity index (χ1v) is 6.92. The zero-order valence-corrected chi connectivity index (χ0v) is 12.0. The molecule has 0 bridgehead atoms. The lowest BCUT2D eigenvalue weighted by atomic mass is 9.91. The summed E-state index contributed by atoms with van der Waals surface area (Å²) in [5.74, 6) is -0.686. The van der Waals surface area contributed by atoms with E-state index in [1.807, 2.05) is 0 Å². The van der Waals surface area contributed by atoms with E-state index in [2.05, 4.69) is 5.32 Å². The Kier molecular flexibility index (Phi) is 3.11. The van der Waals surface area contributed by atoms with Crippen LogP contribution in [-0.2, 0) is 9.59 Å². The Morgan fingerprint density at radius 2 is 2.10 bits per heavy atom. The highest BCUT2D eigenvalue weighted by Crippen LogP contribution is 2.42. The summed E-state index contributed by atoms with van der Waals surface area (Å²) in [6.45, 7) is 1.66. The molecule has 0 radical (unpaired) electrons. The van der Waals surface area contributed by atoms with E-state index in [-0.39, 0.29) is 30.0 Å². The largest absolute Gasteiger partial charge is 0.494 e. The molecule has 1 saturated heterocycles. The van der Waals surface area contributed by atoms with Crippen LogP contribution in [0.2, 0.25) is 0 Å². The van der Waals surface area contributed by atoms with Gasteiger partial charge in [0.2, 0.25) is 5.91 Å². The molecule has 1 N–H and O–H groups in total. The standard InChI is InChI=1S/C15H17FN2O3/c1-15(9-3-4-9)14(20)18(8-13(19)17-15)10-5-6-12(21-2)11(16)7-10/h5-7,9H,3-4,8H2,1-2H3,(H,17,19). The van der Waals surface area contributed by atoms with Crippen LogP contribution in [0.15, 0.2) is 18.2 Å². The molecule has 112 valence electrons. The van der Waals surface area contributed by atoms with Crippen LogP contribution in [0.3, 0.4) is 0 Å². The van der Waals surface area contributed by atoms with Gasteiger partial charge >= 0.3 is 0 Å². The second-order valence-corrected chi connectivity index (χ2v) is 5.73. The van der Waals surface area contributed by atoms with Crippen molar-refractivity contribution >= 4 is 17.5 Å². The van der Waals surface area contributed by atoms with Gasteiger partial charge in [0.25, 0.3) is 5.91 Å². The number of anilines is 1. The lowest BCUT2D eigenvalue weighted by Crippen LogP contribution is -2.66. The van der Waals surface area contributed by atoms with Gasteiger partial charge in [-0.05, 0) is 37.8 Å². The van der Waals surface area contributed by atoms with Gasteiger partial charge in [-0.15, -0.1) is 0 Å². The highest BCUT2D eigenvalue weighted by molar-refractivity contribution is 6.09. The second-order valence-electron chi connectivity index (χ2n) is 5.73. The highest BCUT2D eigenvalue weighted by atomic mass is 19.1. The number of amides is 2. The van der Waals surface area contributed by atoms with Crippen LogP contribution in [0, 0.1) is 11.7 Å². The second kappa shape index (κ2) is 4.72. The molecule has 2 aliphatic rings. The van der Waals surface area contributed by atoms with Gasteiger partial charge in [-0.25, -0.2) is 4.39 Å². The van der Waals surface area contributed by atoms with Crippen LogP contribution < -0.4 is 15.0 Å². The first kappa shape index (κ1) is 13.9. The van der Waals surface area contributed by atoms with Gasteiger partial charge < -0.3 is 15.0 Å². The normalized spacial score (nSPS) is 25.8. The summed E-state index contributed by atoms with van der Waals surface area (Å²) in [6, 6.07) is 4.27. The van der Waals surface area contributed by atoms with Crippen molar-refractivity contribution < 1.29 is 18.7 Å². The van der Waals surface area contributed by atoms with Crippen molar-refractivity contribution in [2.45, 2.75) is 25.3 Å². The summed E-state index contributed by atoms with van der Waals surface area (Å²) in [4.78, 5) is 26.0. The van der Waals surface area contributed by atoms with Crippen molar-refractivity contribution in [1.82, 2.24) is 5.32 Å². The Balaban J connectivity index is 1.95. The summed E-state index contributed by atoms with van der Waals surface area (Å²) in [5.41, 5.74) is -0.508. The van der Waals surface area contributed by atoms with Gasteiger partial charge in [-0.2, -0.15) is 0 Å². The molecule has 5 nitrogen and oxygen atoms in total. The van der Waals surface area contributed by atoms with Crippen molar-refractivity contribution in [1.29, 1.82) is 0 Å². The number of piperazine rings is 1. The molecular formula is C15H17FN2O3. The molecule has 21 heavy (non-hydrogen) atoms. The van der Waals surface area contributed by atoms with Gasteiger partial charge in [0.15, 0.2) is 11.6 Å². The van der Waals surface area contributed by atoms with Crippen LogP contribution in [0.1, 0.15) is 19.8 Å². The third kappa shape index (κ3) is 2.24. The summed E-state index contributed by atoms with van der Waals surface area (Å²) >= 11 is 0. The molecule has 2 amide bonds. The number of methoxy groups -OCH3 is 1. The third-order valence-corrected chi connectivity index (χ3v) is 4.23. The monoisotopic (exact) mass is 292 g/mol. The summed E-state index contributed by atoms with van der Waals surface area (Å²) in [6.07, 6.45) is 1.85. The minimum absolute atomic E-state index is 0.0904. The number of hydrogen-bond acceptors (Lipinski definition) is 3. The van der Waals surface area contributed by atoms with E-state index in [9.17, 15) is 14.0 Å². The average molecular weight is 292 g/mol. The number of carbonyl (C=O) groups is 2. The molecule has 1 aliphatic carbocycles. The average Bonchev–Trinajstić information content (AvgIpc) is 3.27. The minimum atomic E-state index is -0.883. The molecule has 0 spiro atoms. The molecule has 3 rings (SSSR count). The maximum absolute atomic E-state index is 13.8. The third-order valence-electron chi connectivity index (χ3n) is 4.23. The smallest absolute Gasteiger partial charge is 0.253 e. The van der Waals surface area contributed by atoms with Crippen LogP contribution in [0.4, 0.5) is 10.1 Å². The zero-order valence-electron chi connectivity index (χ0n) is 12.0. The molecule has 6 heteroatoms. The van der Waals surface area contributed by atoms with Crippen LogP contribution >= 0.6 is 0 Å². The first-order valence-electron chi connectivity index (χ1n) is 6.92. The molecular weight excluding hydrogens is 275 g/mol. The fourth-order valence-electron chi connectivity index (χ4n) is 2.85. The number of rotatable bonds is 3. The minimum Gasteiger partial charge on any atom is -0.494 e. The number of halogens is 1. The van der Waals surface area contributed by atoms with E-state index in [4.69, 9.17) is 4.74 Å². The summed E-state index contributed by atoms with van der Waals surface area (Å²) in [7, 11) is 1.38. The first-order chi connectivity index (χ1) is 9.95. The van der Waals surface area contributed by atoms with E-state index in [1.165, 1.54) is 24.1 Å². The quantitative estimate of drug-likeness (QED) is 0.917. The lowest BCUT2D eigenvalue weighted by Gasteiger charge is -2.40. The van der Waals surface area contributed by atoms with Crippen LogP contribution in [0.5, 0.6) is 5.75 Å². The molecule has 0 aromatic heterocycles. The maximum Gasteiger partial charge on any atom is 0.253 e. The van der Waals surface area contributed by atoms with Crippen molar-refractivity contribution in [3.63, 3.8) is 0 Å². The van der Waals surface area contributed by atoms with Gasteiger partial charge in [0.05, 0.1) is 7.11 Å². The SMILES string of the molecule is COc1ccc(N2CC(=O)NC(C)(C3CC3)C2=O)cc1F. The Bertz CT molecular complexity index is 615. The number of hydrogen-bond donors (Lipinski definition) is 1. The number of nitrogens with zero attached hydrogens (tertiary/aromatic N) is 1. The molecule has 1 heterocycles. The van der Waals surface area contributed by atoms with Gasteiger partial charge in [0, 0.05) is 11.8 Å². The molecule has 2 fully saturated rings. The molecule has 1 aliphatic heterocycles. The van der Waals surface area contributed by atoms with Crippen molar-refractivity contribution in [3.8, 4) is 5.75 Å². The fraction of sp³-hybridized carbons (Fsp3) is 0.467. The predicted octanol–water partition coefficient (Wildman–Crippen LogP) is 1.47. The van der Waals surface area contributed by atoms with E-state index in [0.29, 0.717) is 5.69 Å². The summed E-state index contributed by atoms with van der Waals surface area (Å²) < 4.78 is 18.7. The van der Waals surface area contributed by atoms with Crippen molar-refractivity contribution in [2.75, 3.05) is 18.6 Å². The molecule has 1 saturated carbocycles. The maximum atomic E-state index is 13.8. The zero-order chi connectivity index (χ0) is 15.2. The Labute approximate surface area is 122 Å². The van der Waals surface area contributed by atoms with Gasteiger partial charge in [-0.3, -0.25) is 9.59 Å². The Hall–Kier alpha value is -2.11. The van der Waals surface area contributed by atoms with Gasteiger partial charge in [0.1, 0.15) is 12.1 Å². The van der Waals surface area contributed by atoms with E-state index >= 15 is 0 Å². The van der Waals surface area contributed by atoms with Crippen molar-refractivity contribution in [3.05, 3.63) is 24.0 Å². The van der Waals surface area contributed by atoms with Crippen molar-refractivity contribution in [2.24, 2.45) is 5.92 Å². The number of carbonyl (C=O) groups excluding carboxylic acids is 2. The number of benzene rings is 1.